The van der Waals surface area contributed by atoms with Gasteiger partial charge < -0.3 is 0 Å². The number of carbonyl (C=O) groups excluding carboxylic acids is 2. The van der Waals surface area contributed by atoms with Gasteiger partial charge in [0.2, 0.25) is 11.8 Å². The minimum atomic E-state index is -3.68. The summed E-state index contributed by atoms with van der Waals surface area (Å²) in [6, 6.07) is 21.3. The number of hydrogen-bond donors (Lipinski definition) is 1. The largest absolute Gasteiger partial charge is 0.280 e. The average molecular weight is 473 g/mol. The Hall–Kier alpha value is -2.81. The van der Waals surface area contributed by atoms with E-state index in [0.29, 0.717) is 16.4 Å². The summed E-state index contributed by atoms with van der Waals surface area (Å²) < 4.78 is 27.4. The van der Waals surface area contributed by atoms with Crippen molar-refractivity contribution < 1.29 is 18.0 Å². The smallest absolute Gasteiger partial charge is 0.261 e. The number of nitrogens with one attached hydrogen (secondary N) is 1. The highest BCUT2D eigenvalue weighted by atomic mass is 35.5. The van der Waals surface area contributed by atoms with Gasteiger partial charge in [0.05, 0.1) is 15.8 Å². The molecule has 1 unspecified atom stereocenters. The number of hydrogen-bond acceptors (Lipinski definition) is 5. The molecule has 1 saturated heterocycles. The zero-order valence-corrected chi connectivity index (χ0v) is 18.5. The van der Waals surface area contributed by atoms with Gasteiger partial charge in [-0.25, -0.2) is 13.3 Å². The van der Waals surface area contributed by atoms with Crippen molar-refractivity contribution >= 4 is 56.6 Å². The van der Waals surface area contributed by atoms with E-state index in [1.165, 1.54) is 28.8 Å². The molecule has 0 bridgehead atoms. The Bertz CT molecular complexity index is 1210. The maximum atomic E-state index is 12.8. The fourth-order valence-electron chi connectivity index (χ4n) is 3.14. The molecule has 3 aromatic carbocycles. The van der Waals surface area contributed by atoms with E-state index in [9.17, 15) is 18.0 Å². The van der Waals surface area contributed by atoms with Gasteiger partial charge in [0, 0.05) is 22.0 Å². The second-order valence-electron chi connectivity index (χ2n) is 6.80. The molecular formula is C22H17ClN2O4S2. The number of anilines is 2. The van der Waals surface area contributed by atoms with E-state index in [4.69, 9.17) is 11.6 Å². The molecule has 31 heavy (non-hydrogen) atoms. The van der Waals surface area contributed by atoms with Crippen LogP contribution in [0.1, 0.15) is 6.42 Å². The molecule has 0 radical (unpaired) electrons. The van der Waals surface area contributed by atoms with E-state index in [2.05, 4.69) is 4.72 Å². The monoisotopic (exact) mass is 472 g/mol. The van der Waals surface area contributed by atoms with Crippen LogP contribution in [-0.2, 0) is 19.6 Å². The van der Waals surface area contributed by atoms with Crippen molar-refractivity contribution in [2.75, 3.05) is 9.62 Å². The van der Waals surface area contributed by atoms with Crippen molar-refractivity contribution in [1.82, 2.24) is 0 Å². The van der Waals surface area contributed by atoms with Crippen LogP contribution in [0.25, 0.3) is 0 Å². The zero-order chi connectivity index (χ0) is 22.0. The molecule has 1 aliphatic heterocycles. The highest BCUT2D eigenvalue weighted by Gasteiger charge is 2.40. The van der Waals surface area contributed by atoms with Crippen molar-refractivity contribution in [2.45, 2.75) is 21.5 Å². The summed E-state index contributed by atoms with van der Waals surface area (Å²) in [5.74, 6) is -0.553. The van der Waals surface area contributed by atoms with Crippen molar-refractivity contribution in [2.24, 2.45) is 0 Å². The molecule has 4 rings (SSSR count). The lowest BCUT2D eigenvalue weighted by molar-refractivity contribution is -0.121. The van der Waals surface area contributed by atoms with E-state index in [-0.39, 0.29) is 23.1 Å². The number of nitrogens with zero attached hydrogens (tertiary/aromatic N) is 1. The first-order chi connectivity index (χ1) is 14.8. The molecule has 1 fully saturated rings. The van der Waals surface area contributed by atoms with Crippen molar-refractivity contribution in [1.29, 1.82) is 0 Å². The van der Waals surface area contributed by atoms with Crippen LogP contribution < -0.4 is 9.62 Å². The van der Waals surface area contributed by atoms with Gasteiger partial charge in [-0.15, -0.1) is 11.8 Å². The van der Waals surface area contributed by atoms with Gasteiger partial charge in [-0.1, -0.05) is 29.8 Å². The van der Waals surface area contributed by atoms with E-state index in [1.807, 2.05) is 0 Å². The van der Waals surface area contributed by atoms with Crippen LogP contribution in [0.3, 0.4) is 0 Å². The Balaban J connectivity index is 1.44. The Morgan fingerprint density at radius 2 is 1.55 bits per heavy atom. The second-order valence-corrected chi connectivity index (χ2v) is 10.2. The molecule has 0 saturated carbocycles. The Labute approximate surface area is 189 Å². The maximum absolute atomic E-state index is 12.8. The fraction of sp³-hybridized carbons (Fsp3) is 0.0909. The normalized spacial score (nSPS) is 16.5. The van der Waals surface area contributed by atoms with Crippen LogP contribution in [0.4, 0.5) is 11.4 Å². The first kappa shape index (κ1) is 21.4. The van der Waals surface area contributed by atoms with Crippen molar-refractivity contribution in [3.05, 3.63) is 83.9 Å². The van der Waals surface area contributed by atoms with E-state index in [1.54, 1.807) is 66.7 Å². The van der Waals surface area contributed by atoms with Gasteiger partial charge in [0.15, 0.2) is 0 Å². The first-order valence-corrected chi connectivity index (χ1v) is 12.0. The Morgan fingerprint density at radius 3 is 2.19 bits per heavy atom. The van der Waals surface area contributed by atoms with Crippen LogP contribution in [0.5, 0.6) is 0 Å². The number of thioether (sulfide) groups is 1. The van der Waals surface area contributed by atoms with Gasteiger partial charge in [-0.3, -0.25) is 14.3 Å². The molecule has 3 aromatic rings. The van der Waals surface area contributed by atoms with Crippen LogP contribution in [0, 0.1) is 0 Å². The van der Waals surface area contributed by atoms with Crippen LogP contribution in [-0.4, -0.2) is 25.5 Å². The molecule has 0 aliphatic carbocycles. The minimum Gasteiger partial charge on any atom is -0.280 e. The molecule has 9 heteroatoms. The fourth-order valence-corrected chi connectivity index (χ4v) is 5.40. The first-order valence-electron chi connectivity index (χ1n) is 9.30. The molecule has 1 N–H and O–H groups in total. The molecule has 0 aromatic heterocycles. The van der Waals surface area contributed by atoms with E-state index in [0.717, 1.165) is 4.90 Å². The number of rotatable bonds is 6. The van der Waals surface area contributed by atoms with Gasteiger partial charge in [0.25, 0.3) is 10.0 Å². The Kier molecular flexibility index (Phi) is 6.04. The highest BCUT2D eigenvalue weighted by Crippen LogP contribution is 2.34. The van der Waals surface area contributed by atoms with Gasteiger partial charge in [-0.05, 0) is 60.7 Å². The third kappa shape index (κ3) is 4.76. The predicted molar refractivity (Wildman–Crippen MR) is 122 cm³/mol. The van der Waals surface area contributed by atoms with Crippen LogP contribution >= 0.6 is 23.4 Å². The van der Waals surface area contributed by atoms with Gasteiger partial charge in [-0.2, -0.15) is 0 Å². The topological polar surface area (TPSA) is 83.5 Å². The van der Waals surface area contributed by atoms with Gasteiger partial charge >= 0.3 is 0 Å². The number of halogens is 1. The molecule has 1 atom stereocenters. The summed E-state index contributed by atoms with van der Waals surface area (Å²) in [4.78, 5) is 27.3. The van der Waals surface area contributed by atoms with Crippen LogP contribution in [0.15, 0.2) is 88.7 Å². The zero-order valence-electron chi connectivity index (χ0n) is 16.1. The summed E-state index contributed by atoms with van der Waals surface area (Å²) >= 11 is 7.15. The third-order valence-electron chi connectivity index (χ3n) is 4.63. The van der Waals surface area contributed by atoms with Crippen molar-refractivity contribution in [3.63, 3.8) is 0 Å². The molecule has 158 valence electrons. The summed E-state index contributed by atoms with van der Waals surface area (Å²) in [7, 11) is -3.68. The summed E-state index contributed by atoms with van der Waals surface area (Å²) in [5.41, 5.74) is 0.901. The second kappa shape index (κ2) is 8.74. The lowest BCUT2D eigenvalue weighted by Gasteiger charge is -2.15. The summed E-state index contributed by atoms with van der Waals surface area (Å²) in [5, 5.41) is -0.0215. The number of sulfonamides is 1. The maximum Gasteiger partial charge on any atom is 0.261 e. The molecule has 0 spiro atoms. The molecule has 2 amide bonds. The summed E-state index contributed by atoms with van der Waals surface area (Å²) in [6.45, 7) is 0. The van der Waals surface area contributed by atoms with Gasteiger partial charge in [0.1, 0.15) is 0 Å². The minimum absolute atomic E-state index is 0.0918. The lowest BCUT2D eigenvalue weighted by atomic mass is 10.3. The Morgan fingerprint density at radius 1 is 0.903 bits per heavy atom. The standard InChI is InChI=1S/C22H17ClN2O4S2/c23-15-6-10-17(11-7-15)25-21(26)14-20(22(25)27)30-18-12-8-16(9-13-18)24-31(28,29)19-4-2-1-3-5-19/h1-13,20,24H,14H2. The third-order valence-corrected chi connectivity index (χ3v) is 7.47. The highest BCUT2D eigenvalue weighted by molar-refractivity contribution is 8.00. The number of benzene rings is 3. The summed E-state index contributed by atoms with van der Waals surface area (Å²) in [6.07, 6.45) is 0.0918. The predicted octanol–water partition coefficient (Wildman–Crippen LogP) is 4.57. The van der Waals surface area contributed by atoms with E-state index >= 15 is 0 Å². The SMILES string of the molecule is O=C1CC(Sc2ccc(NS(=O)(=O)c3ccccc3)cc2)C(=O)N1c1ccc(Cl)cc1. The number of imide groups is 1. The average Bonchev–Trinajstić information content (AvgIpc) is 3.03. The number of amides is 2. The lowest BCUT2D eigenvalue weighted by Crippen LogP contribution is -2.31. The molecule has 6 nitrogen and oxygen atoms in total. The molecule has 1 aliphatic rings. The van der Waals surface area contributed by atoms with Crippen molar-refractivity contribution in [3.8, 4) is 0 Å². The van der Waals surface area contributed by atoms with Crippen LogP contribution in [0.2, 0.25) is 5.02 Å². The molecular weight excluding hydrogens is 456 g/mol. The molecule has 1 heterocycles. The quantitative estimate of drug-likeness (QED) is 0.531. The van der Waals surface area contributed by atoms with E-state index < -0.39 is 15.3 Å². The number of carbonyl (C=O) groups is 2.